The van der Waals surface area contributed by atoms with Crippen LogP contribution in [-0.2, 0) is 19.1 Å². The van der Waals surface area contributed by atoms with Crippen LogP contribution in [0.1, 0.15) is 39.5 Å². The van der Waals surface area contributed by atoms with Crippen LogP contribution in [0.15, 0.2) is 36.9 Å². The topological polar surface area (TPSA) is 87.2 Å². The predicted octanol–water partition coefficient (Wildman–Crippen LogP) is 3.92. The summed E-state index contributed by atoms with van der Waals surface area (Å²) in [5.41, 5.74) is 0.684. The fourth-order valence-electron chi connectivity index (χ4n) is 6.34. The van der Waals surface area contributed by atoms with E-state index < -0.39 is 22.6 Å². The molecule has 0 aliphatic carbocycles. The molecule has 3 aliphatic rings. The molecule has 3 heterocycles. The molecule has 0 radical (unpaired) electrons. The Balaban J connectivity index is 1.76. The SMILES string of the molecule is C=CCN(C(=O)C1N(CCCCCO)C(=O)[C@@H]2[C@H](C(=O)OCC)[C@@H]3CC(C)C12S3)c1ccc(Cl)cc1. The summed E-state index contributed by atoms with van der Waals surface area (Å²) in [5, 5.41) is 9.74. The molecule has 3 aliphatic heterocycles. The number of fused-ring (bicyclic) bond motifs is 1. The maximum Gasteiger partial charge on any atom is 0.310 e. The summed E-state index contributed by atoms with van der Waals surface area (Å²) in [6.45, 7) is 8.76. The van der Waals surface area contributed by atoms with E-state index in [0.29, 0.717) is 30.1 Å². The van der Waals surface area contributed by atoms with Crippen LogP contribution >= 0.6 is 23.4 Å². The number of unbranched alkanes of at least 4 members (excludes halogenated alkanes) is 2. The second-order valence-corrected chi connectivity index (χ2v) is 11.8. The molecule has 3 fully saturated rings. The number of esters is 1. The number of halogens is 1. The second-order valence-electron chi connectivity index (χ2n) is 9.83. The van der Waals surface area contributed by atoms with Gasteiger partial charge in [-0.05, 0) is 62.8 Å². The zero-order valence-electron chi connectivity index (χ0n) is 20.9. The number of rotatable bonds is 11. The summed E-state index contributed by atoms with van der Waals surface area (Å²) in [7, 11) is 0. The van der Waals surface area contributed by atoms with Gasteiger partial charge < -0.3 is 19.6 Å². The lowest BCUT2D eigenvalue weighted by Crippen LogP contribution is -2.57. The number of hydrogen-bond acceptors (Lipinski definition) is 6. The number of aliphatic hydroxyl groups excluding tert-OH is 1. The number of benzene rings is 1. The number of carbonyl (C=O) groups is 3. The number of likely N-dealkylation sites (tertiary alicyclic amines) is 1. The molecule has 4 rings (SSSR count). The smallest absolute Gasteiger partial charge is 0.310 e. The van der Waals surface area contributed by atoms with Crippen molar-refractivity contribution in [1.29, 1.82) is 0 Å². The number of ether oxygens (including phenoxy) is 1. The van der Waals surface area contributed by atoms with E-state index in [0.717, 1.165) is 12.8 Å². The van der Waals surface area contributed by atoms with Crippen LogP contribution < -0.4 is 4.90 Å². The van der Waals surface area contributed by atoms with Crippen molar-refractivity contribution in [3.05, 3.63) is 41.9 Å². The molecule has 3 saturated heterocycles. The third kappa shape index (κ3) is 4.45. The number of anilines is 1. The van der Waals surface area contributed by atoms with E-state index in [1.807, 2.05) is 0 Å². The molecule has 2 amide bonds. The highest BCUT2D eigenvalue weighted by Crippen LogP contribution is 2.68. The molecule has 7 nitrogen and oxygen atoms in total. The fraction of sp³-hybridized carbons (Fsp3) is 0.593. The molecule has 6 atom stereocenters. The number of hydrogen-bond donors (Lipinski definition) is 1. The molecular weight excluding hydrogens is 500 g/mol. The maximum atomic E-state index is 14.4. The maximum absolute atomic E-state index is 14.4. The summed E-state index contributed by atoms with van der Waals surface area (Å²) in [6, 6.07) is 6.37. The minimum atomic E-state index is -0.704. The molecule has 0 saturated carbocycles. The lowest BCUT2D eigenvalue weighted by molar-refractivity contribution is -0.154. The van der Waals surface area contributed by atoms with Crippen molar-refractivity contribution < 1.29 is 24.2 Å². The number of nitrogens with zero attached hydrogens (tertiary/aromatic N) is 2. The third-order valence-corrected chi connectivity index (χ3v) is 10.1. The van der Waals surface area contributed by atoms with E-state index in [9.17, 15) is 19.5 Å². The monoisotopic (exact) mass is 534 g/mol. The molecular formula is C27H35ClN2O5S. The number of amides is 2. The largest absolute Gasteiger partial charge is 0.466 e. The van der Waals surface area contributed by atoms with Gasteiger partial charge in [0.1, 0.15) is 6.04 Å². The van der Waals surface area contributed by atoms with Crippen molar-refractivity contribution in [2.24, 2.45) is 17.8 Å². The molecule has 1 aromatic rings. The highest BCUT2D eigenvalue weighted by molar-refractivity contribution is 8.02. The zero-order valence-corrected chi connectivity index (χ0v) is 22.5. The Labute approximate surface area is 222 Å². The van der Waals surface area contributed by atoms with Gasteiger partial charge in [0.05, 0.1) is 23.2 Å². The average Bonchev–Trinajstić information content (AvgIpc) is 3.44. The minimum Gasteiger partial charge on any atom is -0.466 e. The standard InChI is InChI=1S/C27H35ClN2O5S/c1-4-13-29(19-11-9-18(28)10-12-19)25(33)23-27-17(3)16-20(36-27)21(26(34)35-5-2)22(27)24(32)30(23)14-7-6-8-15-31/h4,9-12,17,20-23,31H,1,5-8,13-16H2,2-3H3/t17?,20-,21+,22-,23?,27?/m0/s1. The molecule has 0 aromatic heterocycles. The van der Waals surface area contributed by atoms with Gasteiger partial charge in [-0.15, -0.1) is 18.3 Å². The molecule has 3 unspecified atom stereocenters. The first-order valence-electron chi connectivity index (χ1n) is 12.7. The van der Waals surface area contributed by atoms with Crippen molar-refractivity contribution in [2.75, 3.05) is 31.2 Å². The first-order chi connectivity index (χ1) is 17.3. The first kappa shape index (κ1) is 27.0. The van der Waals surface area contributed by atoms with Crippen molar-refractivity contribution in [3.8, 4) is 0 Å². The van der Waals surface area contributed by atoms with Crippen molar-refractivity contribution in [3.63, 3.8) is 0 Å². The van der Waals surface area contributed by atoms with Crippen LogP contribution in [0.4, 0.5) is 5.69 Å². The lowest BCUT2D eigenvalue weighted by atomic mass is 9.66. The second kappa shape index (κ2) is 11.2. The van der Waals surface area contributed by atoms with Crippen molar-refractivity contribution >= 4 is 46.8 Å². The third-order valence-electron chi connectivity index (χ3n) is 7.81. The van der Waals surface area contributed by atoms with Gasteiger partial charge in [-0.25, -0.2) is 0 Å². The number of carbonyl (C=O) groups excluding carboxylic acids is 3. The highest BCUT2D eigenvalue weighted by Gasteiger charge is 2.76. The molecule has 2 bridgehead atoms. The van der Waals surface area contributed by atoms with Crippen LogP contribution in [0.2, 0.25) is 5.02 Å². The van der Waals surface area contributed by atoms with Gasteiger partial charge in [-0.1, -0.05) is 24.6 Å². The number of thioether (sulfide) groups is 1. The Bertz CT molecular complexity index is 1000. The van der Waals surface area contributed by atoms with Gasteiger partial charge in [0.15, 0.2) is 0 Å². The minimum absolute atomic E-state index is 0.0387. The van der Waals surface area contributed by atoms with Crippen LogP contribution in [0.25, 0.3) is 0 Å². The molecule has 1 aromatic carbocycles. The van der Waals surface area contributed by atoms with Gasteiger partial charge in [-0.2, -0.15) is 0 Å². The van der Waals surface area contributed by atoms with Gasteiger partial charge in [0.2, 0.25) is 5.91 Å². The Morgan fingerprint density at radius 3 is 2.67 bits per heavy atom. The Hall–Kier alpha value is -2.03. The molecule has 1 spiro atoms. The van der Waals surface area contributed by atoms with E-state index in [2.05, 4.69) is 13.5 Å². The molecule has 196 valence electrons. The van der Waals surface area contributed by atoms with Crippen molar-refractivity contribution in [2.45, 2.75) is 55.6 Å². The number of aliphatic hydroxyl groups is 1. The van der Waals surface area contributed by atoms with E-state index in [-0.39, 0.29) is 48.7 Å². The summed E-state index contributed by atoms with van der Waals surface area (Å²) in [4.78, 5) is 44.9. The normalized spacial score (nSPS) is 30.4. The molecule has 9 heteroatoms. The first-order valence-corrected chi connectivity index (χ1v) is 14.0. The summed E-state index contributed by atoms with van der Waals surface area (Å²) in [5.74, 6) is -1.68. The Kier molecular flexibility index (Phi) is 8.37. The van der Waals surface area contributed by atoms with Gasteiger partial charge in [-0.3, -0.25) is 14.4 Å². The lowest BCUT2D eigenvalue weighted by Gasteiger charge is -2.40. The van der Waals surface area contributed by atoms with Crippen LogP contribution in [0.5, 0.6) is 0 Å². The molecule has 36 heavy (non-hydrogen) atoms. The van der Waals surface area contributed by atoms with E-state index >= 15 is 0 Å². The quantitative estimate of drug-likeness (QED) is 0.263. The van der Waals surface area contributed by atoms with Gasteiger partial charge >= 0.3 is 5.97 Å². The van der Waals surface area contributed by atoms with E-state index in [1.165, 1.54) is 0 Å². The highest BCUT2D eigenvalue weighted by atomic mass is 35.5. The van der Waals surface area contributed by atoms with E-state index in [4.69, 9.17) is 16.3 Å². The summed E-state index contributed by atoms with van der Waals surface area (Å²) >= 11 is 7.74. The Morgan fingerprint density at radius 2 is 2.03 bits per heavy atom. The fourth-order valence-corrected chi connectivity index (χ4v) is 8.87. The zero-order chi connectivity index (χ0) is 26.0. The predicted molar refractivity (Wildman–Crippen MR) is 142 cm³/mol. The van der Waals surface area contributed by atoms with Crippen LogP contribution in [0.3, 0.4) is 0 Å². The average molecular weight is 535 g/mol. The van der Waals surface area contributed by atoms with Gasteiger partial charge in [0.25, 0.3) is 5.91 Å². The van der Waals surface area contributed by atoms with Crippen LogP contribution in [0, 0.1) is 17.8 Å². The summed E-state index contributed by atoms with van der Waals surface area (Å²) < 4.78 is 4.71. The van der Waals surface area contributed by atoms with E-state index in [1.54, 1.807) is 58.8 Å². The summed E-state index contributed by atoms with van der Waals surface area (Å²) in [6.07, 6.45) is 4.50. The van der Waals surface area contributed by atoms with Crippen LogP contribution in [-0.4, -0.2) is 70.1 Å². The Morgan fingerprint density at radius 1 is 1.31 bits per heavy atom. The van der Waals surface area contributed by atoms with Gasteiger partial charge in [0, 0.05) is 35.7 Å². The van der Waals surface area contributed by atoms with Crippen molar-refractivity contribution in [1.82, 2.24) is 4.90 Å². The molecule has 1 N–H and O–H groups in total.